The minimum absolute atomic E-state index is 0.112. The highest BCUT2D eigenvalue weighted by Gasteiger charge is 2.21. The van der Waals surface area contributed by atoms with Crippen molar-refractivity contribution in [1.29, 1.82) is 0 Å². The number of sulfonamides is 1. The van der Waals surface area contributed by atoms with Gasteiger partial charge in [0.1, 0.15) is 15.9 Å². The number of nitrogens with zero attached hydrogens (tertiary/aromatic N) is 4. The van der Waals surface area contributed by atoms with Gasteiger partial charge in [-0.05, 0) is 6.07 Å². The maximum Gasteiger partial charge on any atom is 0.271 e. The van der Waals surface area contributed by atoms with E-state index in [0.717, 1.165) is 18.2 Å². The summed E-state index contributed by atoms with van der Waals surface area (Å²) in [6.07, 6.45) is 1.46. The van der Waals surface area contributed by atoms with Crippen LogP contribution in [-0.2, 0) is 23.6 Å². The van der Waals surface area contributed by atoms with Crippen LogP contribution in [0.25, 0.3) is 0 Å². The maximum absolute atomic E-state index is 11.7. The first-order chi connectivity index (χ1) is 10.6. The van der Waals surface area contributed by atoms with Gasteiger partial charge in [0.15, 0.2) is 0 Å². The Bertz CT molecular complexity index is 864. The Morgan fingerprint density at radius 3 is 2.61 bits per heavy atom. The fraction of sp³-hybridized carbons (Fsp3) is 0.250. The molecule has 124 valence electrons. The quantitative estimate of drug-likeness (QED) is 0.633. The molecule has 0 unspecified atom stereocenters. The third kappa shape index (κ3) is 3.60. The predicted octanol–water partition coefficient (Wildman–Crippen LogP) is 1.27. The number of rotatable bonds is 5. The fourth-order valence-electron chi connectivity index (χ4n) is 2.03. The zero-order chi connectivity index (χ0) is 17.4. The number of hydrogen-bond acceptors (Lipinski definition) is 6. The van der Waals surface area contributed by atoms with E-state index in [1.54, 1.807) is 18.7 Å². The number of nitrogens with two attached hydrogens (primary N) is 1. The molecule has 0 aliphatic heterocycles. The topological polar surface area (TPSA) is 124 Å². The number of non-ortho nitro benzene ring substituents is 1. The molecule has 1 aromatic carbocycles. The summed E-state index contributed by atoms with van der Waals surface area (Å²) in [6.45, 7) is 0.187. The van der Waals surface area contributed by atoms with Gasteiger partial charge in [0.05, 0.1) is 23.4 Å². The molecule has 0 saturated heterocycles. The largest absolute Gasteiger partial charge is 0.366 e. The van der Waals surface area contributed by atoms with Crippen LogP contribution in [0.2, 0.25) is 5.15 Å². The van der Waals surface area contributed by atoms with Crippen molar-refractivity contribution < 1.29 is 13.3 Å². The number of primary sulfonamides is 1. The number of aromatic nitrogens is 2. The lowest BCUT2D eigenvalue weighted by atomic mass is 10.2. The van der Waals surface area contributed by atoms with Gasteiger partial charge < -0.3 is 9.47 Å². The van der Waals surface area contributed by atoms with Gasteiger partial charge in [0.2, 0.25) is 10.0 Å². The van der Waals surface area contributed by atoms with Crippen molar-refractivity contribution in [3.8, 4) is 0 Å². The van der Waals surface area contributed by atoms with Crippen LogP contribution in [0.5, 0.6) is 0 Å². The molecular weight excluding hydrogens is 346 g/mol. The monoisotopic (exact) mass is 359 g/mol. The first-order valence-corrected chi connectivity index (χ1v) is 8.22. The van der Waals surface area contributed by atoms with Crippen molar-refractivity contribution in [3.63, 3.8) is 0 Å². The molecule has 2 rings (SSSR count). The van der Waals surface area contributed by atoms with Gasteiger partial charge in [-0.2, -0.15) is 0 Å². The predicted molar refractivity (Wildman–Crippen MR) is 84.8 cm³/mol. The van der Waals surface area contributed by atoms with Crippen LogP contribution >= 0.6 is 11.6 Å². The molecule has 0 amide bonds. The van der Waals surface area contributed by atoms with Crippen molar-refractivity contribution in [1.82, 2.24) is 9.55 Å². The van der Waals surface area contributed by atoms with Gasteiger partial charge >= 0.3 is 0 Å². The highest BCUT2D eigenvalue weighted by atomic mass is 35.5. The van der Waals surface area contributed by atoms with E-state index in [4.69, 9.17) is 16.7 Å². The number of nitro groups is 1. The lowest BCUT2D eigenvalue weighted by Gasteiger charge is -2.21. The first kappa shape index (κ1) is 17.2. The Hall–Kier alpha value is -2.17. The van der Waals surface area contributed by atoms with E-state index >= 15 is 0 Å². The standard InChI is InChI=1S/C12H14ClN5O4S/c1-16(7-12-15-6-11(13)17(12)2)9-5-8(18(19)20)3-4-10(9)23(14,21)22/h3-6H,7H2,1-2H3,(H2,14,21,22). The second-order valence-electron chi connectivity index (χ2n) is 4.87. The molecule has 0 bridgehead atoms. The normalized spacial score (nSPS) is 11.5. The Kier molecular flexibility index (Phi) is 4.59. The number of imidazole rings is 1. The minimum Gasteiger partial charge on any atom is -0.366 e. The molecule has 0 saturated carbocycles. The van der Waals surface area contributed by atoms with Crippen LogP contribution in [0, 0.1) is 10.1 Å². The van der Waals surface area contributed by atoms with Crippen LogP contribution in [0.4, 0.5) is 11.4 Å². The SMILES string of the molecule is CN(Cc1ncc(Cl)n1C)c1cc([N+](=O)[O-])ccc1S(N)(=O)=O. The van der Waals surface area contributed by atoms with E-state index in [-0.39, 0.29) is 22.8 Å². The van der Waals surface area contributed by atoms with Crippen LogP contribution < -0.4 is 10.0 Å². The van der Waals surface area contributed by atoms with Gasteiger partial charge in [-0.1, -0.05) is 11.6 Å². The van der Waals surface area contributed by atoms with Crippen molar-refractivity contribution in [2.75, 3.05) is 11.9 Å². The molecule has 0 atom stereocenters. The molecule has 11 heteroatoms. The Morgan fingerprint density at radius 1 is 1.48 bits per heavy atom. The zero-order valence-corrected chi connectivity index (χ0v) is 13.9. The van der Waals surface area contributed by atoms with Crippen molar-refractivity contribution in [2.45, 2.75) is 11.4 Å². The molecule has 2 N–H and O–H groups in total. The summed E-state index contributed by atoms with van der Waals surface area (Å²) >= 11 is 5.91. The van der Waals surface area contributed by atoms with Crippen molar-refractivity contribution in [2.24, 2.45) is 12.2 Å². The molecule has 9 nitrogen and oxygen atoms in total. The molecule has 0 aliphatic carbocycles. The zero-order valence-electron chi connectivity index (χ0n) is 12.3. The number of hydrogen-bond donors (Lipinski definition) is 1. The second-order valence-corrected chi connectivity index (χ2v) is 6.78. The average Bonchev–Trinajstić information content (AvgIpc) is 2.77. The molecule has 1 heterocycles. The molecule has 23 heavy (non-hydrogen) atoms. The molecule has 0 radical (unpaired) electrons. The fourth-order valence-corrected chi connectivity index (χ4v) is 2.94. The van der Waals surface area contributed by atoms with E-state index in [1.165, 1.54) is 11.1 Å². The number of anilines is 1. The summed E-state index contributed by atoms with van der Waals surface area (Å²) in [5.41, 5.74) is -0.127. The van der Waals surface area contributed by atoms with Gasteiger partial charge in [-0.3, -0.25) is 10.1 Å². The minimum atomic E-state index is -4.04. The smallest absolute Gasteiger partial charge is 0.271 e. The highest BCUT2D eigenvalue weighted by molar-refractivity contribution is 7.89. The third-order valence-electron chi connectivity index (χ3n) is 3.28. The Labute approximate surface area is 137 Å². The van der Waals surface area contributed by atoms with Gasteiger partial charge in [-0.15, -0.1) is 0 Å². The molecule has 2 aromatic rings. The third-order valence-corrected chi connectivity index (χ3v) is 4.59. The van der Waals surface area contributed by atoms with Gasteiger partial charge in [0.25, 0.3) is 5.69 Å². The summed E-state index contributed by atoms with van der Waals surface area (Å²) in [5.74, 6) is 0.560. The van der Waals surface area contributed by atoms with Crippen LogP contribution in [0.1, 0.15) is 5.82 Å². The highest BCUT2D eigenvalue weighted by Crippen LogP contribution is 2.29. The lowest BCUT2D eigenvalue weighted by Crippen LogP contribution is -2.23. The number of benzene rings is 1. The Balaban J connectivity index is 2.48. The molecule has 0 spiro atoms. The van der Waals surface area contributed by atoms with Crippen LogP contribution in [0.15, 0.2) is 29.3 Å². The van der Waals surface area contributed by atoms with Crippen molar-refractivity contribution in [3.05, 3.63) is 45.5 Å². The summed E-state index contributed by atoms with van der Waals surface area (Å²) in [4.78, 5) is 15.7. The summed E-state index contributed by atoms with van der Waals surface area (Å²) < 4.78 is 25.0. The molecule has 0 fully saturated rings. The van der Waals surface area contributed by atoms with E-state index in [9.17, 15) is 18.5 Å². The van der Waals surface area contributed by atoms with Gasteiger partial charge in [0, 0.05) is 26.2 Å². The summed E-state index contributed by atoms with van der Waals surface area (Å²) in [7, 11) is -0.755. The van der Waals surface area contributed by atoms with E-state index in [2.05, 4.69) is 4.98 Å². The molecular formula is C12H14ClN5O4S. The van der Waals surface area contributed by atoms with Crippen LogP contribution in [-0.4, -0.2) is 29.9 Å². The van der Waals surface area contributed by atoms with E-state index in [0.29, 0.717) is 11.0 Å². The first-order valence-electron chi connectivity index (χ1n) is 6.29. The Morgan fingerprint density at radius 2 is 2.13 bits per heavy atom. The summed E-state index contributed by atoms with van der Waals surface area (Å²) in [6, 6.07) is 3.36. The number of halogens is 1. The average molecular weight is 360 g/mol. The molecule has 0 aliphatic rings. The van der Waals surface area contributed by atoms with Crippen LogP contribution in [0.3, 0.4) is 0 Å². The second kappa shape index (κ2) is 6.14. The molecule has 1 aromatic heterocycles. The summed E-state index contributed by atoms with van der Waals surface area (Å²) in [5, 5.41) is 16.5. The van der Waals surface area contributed by atoms with E-state index in [1.807, 2.05) is 0 Å². The van der Waals surface area contributed by atoms with Gasteiger partial charge in [-0.25, -0.2) is 18.5 Å². The van der Waals surface area contributed by atoms with Crippen molar-refractivity contribution >= 4 is 33.0 Å². The maximum atomic E-state index is 11.7. The lowest BCUT2D eigenvalue weighted by molar-refractivity contribution is -0.384. The van der Waals surface area contributed by atoms with E-state index < -0.39 is 14.9 Å². The number of nitro benzene ring substituents is 1.